The summed E-state index contributed by atoms with van der Waals surface area (Å²) in [5, 5.41) is 6.96. The smallest absolute Gasteiger partial charge is 0.271 e. The van der Waals surface area contributed by atoms with E-state index in [1.54, 1.807) is 17.0 Å². The van der Waals surface area contributed by atoms with E-state index >= 15 is 0 Å². The van der Waals surface area contributed by atoms with Crippen molar-refractivity contribution in [1.29, 1.82) is 0 Å². The molecule has 1 aromatic carbocycles. The number of hydrogen-bond donors (Lipinski definition) is 4. The molecule has 5 N–H and O–H groups in total. The van der Waals surface area contributed by atoms with E-state index in [2.05, 4.69) is 15.6 Å². The Balaban J connectivity index is 1.39. The number of rotatable bonds is 6. The summed E-state index contributed by atoms with van der Waals surface area (Å²) in [6, 6.07) is 5.54. The first-order chi connectivity index (χ1) is 17.3. The topological polar surface area (TPSA) is 137 Å². The molecule has 5 rings (SSSR count). The molecule has 2 aliphatic heterocycles. The number of hydrogen-bond acceptors (Lipinski definition) is 4. The predicted molar refractivity (Wildman–Crippen MR) is 135 cm³/mol. The van der Waals surface area contributed by atoms with Crippen molar-refractivity contribution in [1.82, 2.24) is 20.5 Å². The largest absolute Gasteiger partial charge is 0.368 e. The molecule has 9 nitrogen and oxygen atoms in total. The zero-order chi connectivity index (χ0) is 25.4. The standard InChI is InChI=1S/C26H32ClN5O4/c27-18-9-3-6-14-11-20(30-21(14)18)26(36)32-13-16-5-1-2-8-17(16)22(32)25(35)31-19(23(28)33)12-15-7-4-10-29-24(15)34/h3,6,9,11,15-17,19,22,30H,1-2,4-5,7-8,10,12-13H2,(H2,28,33)(H,29,34)(H,31,35)/t15?,16-,17-,19?,22-/m0/s1. The van der Waals surface area contributed by atoms with Crippen LogP contribution in [0.1, 0.15) is 55.4 Å². The fraction of sp³-hybridized carbons (Fsp3) is 0.538. The minimum Gasteiger partial charge on any atom is -0.368 e. The summed E-state index contributed by atoms with van der Waals surface area (Å²) < 4.78 is 0. The average molecular weight is 514 g/mol. The predicted octanol–water partition coefficient (Wildman–Crippen LogP) is 2.34. The van der Waals surface area contributed by atoms with Gasteiger partial charge < -0.3 is 26.3 Å². The Bertz CT molecular complexity index is 1200. The second kappa shape index (κ2) is 10.1. The second-order valence-electron chi connectivity index (χ2n) is 10.3. The first kappa shape index (κ1) is 24.6. The van der Waals surface area contributed by atoms with E-state index in [1.807, 2.05) is 12.1 Å². The van der Waals surface area contributed by atoms with Crippen LogP contribution in [-0.4, -0.2) is 58.7 Å². The number of carbonyl (C=O) groups is 4. The number of benzene rings is 1. The number of aromatic nitrogens is 1. The highest BCUT2D eigenvalue weighted by Crippen LogP contribution is 2.41. The van der Waals surface area contributed by atoms with Gasteiger partial charge in [0, 0.05) is 24.4 Å². The molecule has 4 amide bonds. The molecule has 1 aromatic heterocycles. The normalized spacial score (nSPS) is 26.8. The van der Waals surface area contributed by atoms with Crippen LogP contribution in [0.3, 0.4) is 0 Å². The average Bonchev–Trinajstić information content (AvgIpc) is 3.47. The molecule has 1 aliphatic carbocycles. The molecule has 3 fully saturated rings. The van der Waals surface area contributed by atoms with Crippen molar-refractivity contribution in [3.63, 3.8) is 0 Å². The number of halogens is 1. The van der Waals surface area contributed by atoms with Crippen molar-refractivity contribution in [3.05, 3.63) is 35.0 Å². The molecule has 36 heavy (non-hydrogen) atoms. The highest BCUT2D eigenvalue weighted by Gasteiger charge is 2.49. The Kier molecular flexibility index (Phi) is 6.92. The van der Waals surface area contributed by atoms with Gasteiger partial charge in [-0.15, -0.1) is 0 Å². The summed E-state index contributed by atoms with van der Waals surface area (Å²) in [5.74, 6) is -1.58. The minimum atomic E-state index is -0.974. The van der Waals surface area contributed by atoms with E-state index in [4.69, 9.17) is 17.3 Å². The summed E-state index contributed by atoms with van der Waals surface area (Å²) in [6.45, 7) is 1.10. The number of piperidine rings is 1. The lowest BCUT2D eigenvalue weighted by molar-refractivity contribution is -0.133. The molecular formula is C26H32ClN5O4. The van der Waals surface area contributed by atoms with E-state index in [-0.39, 0.29) is 41.9 Å². The van der Waals surface area contributed by atoms with Crippen molar-refractivity contribution in [2.45, 2.75) is 57.0 Å². The van der Waals surface area contributed by atoms with Crippen LogP contribution in [0.5, 0.6) is 0 Å². The number of aromatic amines is 1. The minimum absolute atomic E-state index is 0.0159. The van der Waals surface area contributed by atoms with Gasteiger partial charge >= 0.3 is 0 Å². The third kappa shape index (κ3) is 4.68. The molecule has 2 saturated heterocycles. The van der Waals surface area contributed by atoms with E-state index in [0.717, 1.165) is 37.5 Å². The summed E-state index contributed by atoms with van der Waals surface area (Å²) in [5.41, 5.74) is 6.69. The summed E-state index contributed by atoms with van der Waals surface area (Å²) in [6.07, 6.45) is 5.49. The molecule has 0 bridgehead atoms. The van der Waals surface area contributed by atoms with Crippen LogP contribution in [-0.2, 0) is 14.4 Å². The fourth-order valence-electron chi connectivity index (χ4n) is 6.26. The highest BCUT2D eigenvalue weighted by atomic mass is 35.5. The number of nitrogens with two attached hydrogens (primary N) is 1. The summed E-state index contributed by atoms with van der Waals surface area (Å²) in [7, 11) is 0. The van der Waals surface area contributed by atoms with Gasteiger partial charge in [0.2, 0.25) is 17.7 Å². The third-order valence-corrected chi connectivity index (χ3v) is 8.40. The number of fused-ring (bicyclic) bond motifs is 2. The molecule has 5 atom stereocenters. The van der Waals surface area contributed by atoms with E-state index in [1.165, 1.54) is 0 Å². The number of nitrogens with zero attached hydrogens (tertiary/aromatic N) is 1. The number of primary amides is 1. The number of para-hydroxylation sites is 1. The van der Waals surface area contributed by atoms with E-state index in [9.17, 15) is 19.2 Å². The molecule has 0 spiro atoms. The fourth-order valence-corrected chi connectivity index (χ4v) is 6.49. The van der Waals surface area contributed by atoms with E-state index in [0.29, 0.717) is 35.7 Å². The van der Waals surface area contributed by atoms with E-state index < -0.39 is 18.0 Å². The molecule has 3 aliphatic rings. The molecule has 2 unspecified atom stereocenters. The number of nitrogens with one attached hydrogen (secondary N) is 3. The molecule has 2 aromatic rings. The van der Waals surface area contributed by atoms with Gasteiger partial charge in [0.05, 0.1) is 10.5 Å². The van der Waals surface area contributed by atoms with Gasteiger partial charge in [0.15, 0.2) is 0 Å². The van der Waals surface area contributed by atoms with Crippen LogP contribution in [0, 0.1) is 17.8 Å². The van der Waals surface area contributed by atoms with Gasteiger partial charge in [-0.25, -0.2) is 0 Å². The lowest BCUT2D eigenvalue weighted by Crippen LogP contribution is -2.55. The zero-order valence-corrected chi connectivity index (χ0v) is 20.9. The molecule has 10 heteroatoms. The van der Waals surface area contributed by atoms with Crippen molar-refractivity contribution < 1.29 is 19.2 Å². The molecule has 192 valence electrons. The summed E-state index contributed by atoms with van der Waals surface area (Å²) >= 11 is 6.30. The Morgan fingerprint density at radius 2 is 1.97 bits per heavy atom. The maximum atomic E-state index is 13.7. The van der Waals surface area contributed by atoms with Gasteiger partial charge in [0.1, 0.15) is 17.8 Å². The SMILES string of the molecule is NC(=O)C(CC1CCCNC1=O)NC(=O)[C@@H]1[C@H]2CCCC[C@H]2CN1C(=O)c1cc2cccc(Cl)c2[nH]1. The Labute approximate surface area is 214 Å². The molecule has 1 saturated carbocycles. The van der Waals surface area contributed by atoms with Crippen LogP contribution in [0.4, 0.5) is 0 Å². The first-order valence-electron chi connectivity index (χ1n) is 12.8. The molecule has 3 heterocycles. The number of carbonyl (C=O) groups excluding carboxylic acids is 4. The van der Waals surface area contributed by atoms with Crippen LogP contribution in [0.2, 0.25) is 5.02 Å². The van der Waals surface area contributed by atoms with Gasteiger partial charge in [-0.3, -0.25) is 19.2 Å². The zero-order valence-electron chi connectivity index (χ0n) is 20.1. The van der Waals surface area contributed by atoms with Gasteiger partial charge in [0.25, 0.3) is 5.91 Å². The van der Waals surface area contributed by atoms with Crippen LogP contribution in [0.15, 0.2) is 24.3 Å². The van der Waals surface area contributed by atoms with Crippen LogP contribution >= 0.6 is 11.6 Å². The van der Waals surface area contributed by atoms with Crippen LogP contribution in [0.25, 0.3) is 10.9 Å². The first-order valence-corrected chi connectivity index (χ1v) is 13.2. The molecule has 0 radical (unpaired) electrons. The van der Waals surface area contributed by atoms with Gasteiger partial charge in [-0.1, -0.05) is 36.6 Å². The monoisotopic (exact) mass is 513 g/mol. The van der Waals surface area contributed by atoms with Gasteiger partial charge in [-0.2, -0.15) is 0 Å². The molecular weight excluding hydrogens is 482 g/mol. The Hall–Kier alpha value is -3.07. The number of H-pyrrole nitrogens is 1. The van der Waals surface area contributed by atoms with Crippen molar-refractivity contribution >= 4 is 46.1 Å². The summed E-state index contributed by atoms with van der Waals surface area (Å²) in [4.78, 5) is 56.6. The van der Waals surface area contributed by atoms with Crippen molar-refractivity contribution in [2.75, 3.05) is 13.1 Å². The third-order valence-electron chi connectivity index (χ3n) is 8.09. The van der Waals surface area contributed by atoms with Crippen molar-refractivity contribution in [2.24, 2.45) is 23.5 Å². The Morgan fingerprint density at radius 1 is 1.17 bits per heavy atom. The highest BCUT2D eigenvalue weighted by molar-refractivity contribution is 6.35. The quantitative estimate of drug-likeness (QED) is 0.471. The van der Waals surface area contributed by atoms with Crippen molar-refractivity contribution in [3.8, 4) is 0 Å². The maximum Gasteiger partial charge on any atom is 0.271 e. The number of likely N-dealkylation sites (tertiary alicyclic amines) is 1. The van der Waals surface area contributed by atoms with Gasteiger partial charge in [-0.05, 0) is 56.1 Å². The second-order valence-corrected chi connectivity index (χ2v) is 10.7. The lowest BCUT2D eigenvalue weighted by Gasteiger charge is -2.31. The Morgan fingerprint density at radius 3 is 2.72 bits per heavy atom. The number of amides is 4. The lowest BCUT2D eigenvalue weighted by atomic mass is 9.78. The maximum absolute atomic E-state index is 13.7. The van der Waals surface area contributed by atoms with Crippen LogP contribution < -0.4 is 16.4 Å².